The number of thiophene rings is 1. The summed E-state index contributed by atoms with van der Waals surface area (Å²) in [6.07, 6.45) is 5.60. The Balaban J connectivity index is 1.36. The monoisotopic (exact) mass is 457 g/mol. The Morgan fingerprint density at radius 2 is 1.90 bits per heavy atom. The van der Waals surface area contributed by atoms with E-state index >= 15 is 0 Å². The molecule has 3 aromatic rings. The lowest BCUT2D eigenvalue weighted by atomic mass is 10.1. The molecule has 0 fully saturated rings. The fraction of sp³-hybridized carbons (Fsp3) is 0.318. The van der Waals surface area contributed by atoms with Crippen molar-refractivity contribution in [3.63, 3.8) is 0 Å². The predicted molar refractivity (Wildman–Crippen MR) is 120 cm³/mol. The number of nitrogens with one attached hydrogen (secondary N) is 2. The van der Waals surface area contributed by atoms with Crippen molar-refractivity contribution in [1.82, 2.24) is 15.8 Å². The van der Waals surface area contributed by atoms with Crippen LogP contribution in [0.25, 0.3) is 0 Å². The first-order valence-corrected chi connectivity index (χ1v) is 11.8. The van der Waals surface area contributed by atoms with E-state index < -0.39 is 5.91 Å². The van der Waals surface area contributed by atoms with Crippen molar-refractivity contribution in [2.75, 3.05) is 7.11 Å². The third-order valence-corrected chi connectivity index (χ3v) is 6.92. The molecule has 0 atom stereocenters. The molecular weight excluding hydrogens is 434 g/mol. The number of rotatable bonds is 6. The summed E-state index contributed by atoms with van der Waals surface area (Å²) >= 11 is 3.01. The summed E-state index contributed by atoms with van der Waals surface area (Å²) in [5.41, 5.74) is 9.16. The molecule has 7 nitrogen and oxygen atoms in total. The van der Waals surface area contributed by atoms with E-state index in [0.717, 1.165) is 31.4 Å². The molecule has 2 amide bonds. The number of fused-ring (bicyclic) bond motifs is 1. The zero-order valence-corrected chi connectivity index (χ0v) is 18.7. The van der Waals surface area contributed by atoms with Gasteiger partial charge >= 0.3 is 0 Å². The van der Waals surface area contributed by atoms with Gasteiger partial charge in [-0.2, -0.15) is 0 Å². The van der Waals surface area contributed by atoms with Gasteiger partial charge in [0.2, 0.25) is 0 Å². The predicted octanol–water partition coefficient (Wildman–Crippen LogP) is 4.14. The minimum Gasteiger partial charge on any atom is -0.493 e. The zero-order chi connectivity index (χ0) is 21.6. The third kappa shape index (κ3) is 5.23. The second-order valence-electron chi connectivity index (χ2n) is 7.16. The van der Waals surface area contributed by atoms with E-state index in [0.29, 0.717) is 28.5 Å². The fourth-order valence-corrected chi connectivity index (χ4v) is 5.11. The SMILES string of the molecule is COc1cc(C(=O)NNC(=O)c2cc3c(s2)CCCCC3)ccc1OCc1cscn1. The van der Waals surface area contributed by atoms with Gasteiger partial charge < -0.3 is 9.47 Å². The molecule has 2 N–H and O–H groups in total. The van der Waals surface area contributed by atoms with Crippen LogP contribution < -0.4 is 20.3 Å². The maximum atomic E-state index is 12.5. The van der Waals surface area contributed by atoms with Gasteiger partial charge in [0.1, 0.15) is 6.61 Å². The van der Waals surface area contributed by atoms with Crippen LogP contribution in [0.5, 0.6) is 11.5 Å². The molecule has 2 heterocycles. The van der Waals surface area contributed by atoms with Crippen molar-refractivity contribution in [1.29, 1.82) is 0 Å². The van der Waals surface area contributed by atoms with Gasteiger partial charge in [-0.3, -0.25) is 20.4 Å². The summed E-state index contributed by atoms with van der Waals surface area (Å²) in [4.78, 5) is 31.1. The van der Waals surface area contributed by atoms with Crippen molar-refractivity contribution in [3.8, 4) is 11.5 Å². The molecular formula is C22H23N3O4S2. The highest BCUT2D eigenvalue weighted by atomic mass is 32.1. The normalized spacial score (nSPS) is 13.1. The summed E-state index contributed by atoms with van der Waals surface area (Å²) in [6, 6.07) is 6.81. The lowest BCUT2D eigenvalue weighted by Gasteiger charge is -2.12. The van der Waals surface area contributed by atoms with E-state index in [4.69, 9.17) is 9.47 Å². The summed E-state index contributed by atoms with van der Waals surface area (Å²) < 4.78 is 11.1. The van der Waals surface area contributed by atoms with Crippen molar-refractivity contribution < 1.29 is 19.1 Å². The molecule has 0 saturated carbocycles. The highest BCUT2D eigenvalue weighted by Gasteiger charge is 2.18. The van der Waals surface area contributed by atoms with Crippen molar-refractivity contribution >= 4 is 34.5 Å². The van der Waals surface area contributed by atoms with Gasteiger partial charge in [0.25, 0.3) is 11.8 Å². The van der Waals surface area contributed by atoms with E-state index in [2.05, 4.69) is 15.8 Å². The van der Waals surface area contributed by atoms with Gasteiger partial charge in [0.05, 0.1) is 23.2 Å². The molecule has 0 unspecified atom stereocenters. The second kappa shape index (κ2) is 9.93. The largest absolute Gasteiger partial charge is 0.493 e. The standard InChI is InChI=1S/C22H23N3O4S2/c1-28-18-9-15(7-8-17(18)29-11-16-12-30-13-23-16)21(26)24-25-22(27)20-10-14-5-3-2-4-6-19(14)31-20/h7-10,12-13H,2-6,11H2,1H3,(H,24,26)(H,25,27). The first-order chi connectivity index (χ1) is 15.1. The number of carbonyl (C=O) groups excluding carboxylic acids is 2. The first-order valence-electron chi connectivity index (χ1n) is 10.0. The van der Waals surface area contributed by atoms with Crippen LogP contribution in [0.3, 0.4) is 0 Å². The van der Waals surface area contributed by atoms with Crippen molar-refractivity contribution in [2.24, 2.45) is 0 Å². The Morgan fingerprint density at radius 3 is 2.71 bits per heavy atom. The van der Waals surface area contributed by atoms with E-state index in [9.17, 15) is 9.59 Å². The lowest BCUT2D eigenvalue weighted by Crippen LogP contribution is -2.41. The topological polar surface area (TPSA) is 89.6 Å². The molecule has 4 rings (SSSR count). The minimum atomic E-state index is -0.434. The molecule has 0 bridgehead atoms. The number of hydrogen-bond donors (Lipinski definition) is 2. The first kappa shape index (κ1) is 21.3. The number of thiazole rings is 1. The number of nitrogens with zero attached hydrogens (tertiary/aromatic N) is 1. The summed E-state index contributed by atoms with van der Waals surface area (Å²) in [6.45, 7) is 0.312. The smallest absolute Gasteiger partial charge is 0.279 e. The average molecular weight is 458 g/mol. The van der Waals surface area contributed by atoms with Gasteiger partial charge in [-0.1, -0.05) is 6.42 Å². The molecule has 0 aliphatic heterocycles. The fourth-order valence-electron chi connectivity index (χ4n) is 3.42. The molecule has 9 heteroatoms. The van der Waals surface area contributed by atoms with Crippen LogP contribution in [0, 0.1) is 0 Å². The molecule has 31 heavy (non-hydrogen) atoms. The third-order valence-electron chi connectivity index (χ3n) is 5.04. The molecule has 0 saturated heterocycles. The average Bonchev–Trinajstić information content (AvgIpc) is 3.41. The Labute approximate surface area is 188 Å². The number of aromatic nitrogens is 1. The van der Waals surface area contributed by atoms with Crippen LogP contribution in [0.2, 0.25) is 0 Å². The number of aryl methyl sites for hydroxylation is 2. The maximum absolute atomic E-state index is 12.5. The van der Waals surface area contributed by atoms with Gasteiger partial charge in [-0.05, 0) is 55.5 Å². The van der Waals surface area contributed by atoms with Crippen molar-refractivity contribution in [2.45, 2.75) is 38.7 Å². The van der Waals surface area contributed by atoms with Crippen LogP contribution in [0.15, 0.2) is 35.2 Å². The highest BCUT2D eigenvalue weighted by molar-refractivity contribution is 7.14. The Bertz CT molecular complexity index is 1040. The van der Waals surface area contributed by atoms with Gasteiger partial charge in [-0.15, -0.1) is 22.7 Å². The van der Waals surface area contributed by atoms with Gasteiger partial charge in [0, 0.05) is 15.8 Å². The number of carbonyl (C=O) groups is 2. The van der Waals surface area contributed by atoms with Crippen LogP contribution in [-0.4, -0.2) is 23.9 Å². The number of amides is 2. The van der Waals surface area contributed by atoms with Crippen molar-refractivity contribution in [3.05, 3.63) is 61.7 Å². The zero-order valence-electron chi connectivity index (χ0n) is 17.1. The molecule has 0 radical (unpaired) electrons. The minimum absolute atomic E-state index is 0.304. The lowest BCUT2D eigenvalue weighted by molar-refractivity contribution is 0.0848. The van der Waals surface area contributed by atoms with Crippen LogP contribution >= 0.6 is 22.7 Å². The number of ether oxygens (including phenoxy) is 2. The van der Waals surface area contributed by atoms with E-state index in [1.807, 2.05) is 11.4 Å². The molecule has 2 aromatic heterocycles. The maximum Gasteiger partial charge on any atom is 0.279 e. The molecule has 1 aromatic carbocycles. The Hall–Kier alpha value is -2.91. The second-order valence-corrected chi connectivity index (χ2v) is 9.02. The highest BCUT2D eigenvalue weighted by Crippen LogP contribution is 2.30. The van der Waals surface area contributed by atoms with E-state index in [1.165, 1.54) is 46.6 Å². The summed E-state index contributed by atoms with van der Waals surface area (Å²) in [5.74, 6) is 0.199. The van der Waals surface area contributed by atoms with Gasteiger partial charge in [0.15, 0.2) is 11.5 Å². The van der Waals surface area contributed by atoms with Gasteiger partial charge in [-0.25, -0.2) is 4.98 Å². The summed E-state index contributed by atoms with van der Waals surface area (Å²) in [7, 11) is 1.51. The molecule has 1 aliphatic carbocycles. The van der Waals surface area contributed by atoms with E-state index in [1.54, 1.807) is 23.7 Å². The molecule has 0 spiro atoms. The Morgan fingerprint density at radius 1 is 1.06 bits per heavy atom. The number of hydrogen-bond acceptors (Lipinski definition) is 7. The quantitative estimate of drug-likeness (QED) is 0.429. The number of methoxy groups -OCH3 is 1. The Kier molecular flexibility index (Phi) is 6.83. The summed E-state index contributed by atoms with van der Waals surface area (Å²) in [5, 5.41) is 1.91. The van der Waals surface area contributed by atoms with Crippen LogP contribution in [0.4, 0.5) is 0 Å². The van der Waals surface area contributed by atoms with E-state index in [-0.39, 0.29) is 5.91 Å². The molecule has 162 valence electrons. The van der Waals surface area contributed by atoms with Crippen LogP contribution in [0.1, 0.15) is 55.4 Å². The number of hydrazine groups is 1. The molecule has 1 aliphatic rings. The number of benzene rings is 1. The van der Waals surface area contributed by atoms with Crippen LogP contribution in [-0.2, 0) is 19.4 Å².